The van der Waals surface area contributed by atoms with Crippen LogP contribution in [0.25, 0.3) is 10.4 Å². The summed E-state index contributed by atoms with van der Waals surface area (Å²) in [4.78, 5) is 3.13. The molecule has 0 spiro atoms. The van der Waals surface area contributed by atoms with Crippen molar-refractivity contribution in [2.24, 2.45) is 11.0 Å². The number of hydrogen-bond donors (Lipinski definition) is 0. The summed E-state index contributed by atoms with van der Waals surface area (Å²) >= 11 is 1.56. The number of hydrogen-bond acceptors (Lipinski definition) is 5. The summed E-state index contributed by atoms with van der Waals surface area (Å²) in [7, 11) is -2.76. The molecule has 0 aliphatic carbocycles. The number of thioether (sulfide) groups is 1. The Hall–Kier alpha value is -2.58. The second kappa shape index (κ2) is 13.2. The number of benzene rings is 3. The van der Waals surface area contributed by atoms with Crippen molar-refractivity contribution in [3.8, 4) is 0 Å². The lowest BCUT2D eigenvalue weighted by Gasteiger charge is -2.47. The maximum atomic E-state index is 9.29. The zero-order valence-corrected chi connectivity index (χ0v) is 25.3. The zero-order valence-electron chi connectivity index (χ0n) is 23.4. The van der Waals surface area contributed by atoms with E-state index in [1.807, 2.05) is 24.5 Å². The Morgan fingerprint density at radius 1 is 0.923 bits per heavy atom. The van der Waals surface area contributed by atoms with E-state index in [2.05, 4.69) is 111 Å². The minimum absolute atomic E-state index is 0.0523. The molecule has 3 aromatic rings. The molecular formula is C31H39N3O3SSi. The van der Waals surface area contributed by atoms with E-state index in [0.29, 0.717) is 13.2 Å². The van der Waals surface area contributed by atoms with Crippen molar-refractivity contribution >= 4 is 30.5 Å². The van der Waals surface area contributed by atoms with Crippen molar-refractivity contribution < 1.29 is 13.9 Å². The van der Waals surface area contributed by atoms with Gasteiger partial charge in [-0.25, -0.2) is 0 Å². The Morgan fingerprint density at radius 3 is 1.95 bits per heavy atom. The van der Waals surface area contributed by atoms with Crippen molar-refractivity contribution in [2.45, 2.75) is 63.0 Å². The van der Waals surface area contributed by atoms with Gasteiger partial charge in [-0.3, -0.25) is 0 Å². The van der Waals surface area contributed by atoms with Gasteiger partial charge in [0, 0.05) is 4.91 Å². The number of rotatable bonds is 10. The van der Waals surface area contributed by atoms with Crippen LogP contribution in [0.2, 0.25) is 5.04 Å². The van der Waals surface area contributed by atoms with E-state index in [4.69, 9.17) is 13.9 Å². The molecule has 0 bridgehead atoms. The molecule has 0 N–H and O–H groups in total. The average Bonchev–Trinajstić information content (AvgIpc) is 2.95. The summed E-state index contributed by atoms with van der Waals surface area (Å²) in [6.07, 6.45) is 1.36. The van der Waals surface area contributed by atoms with E-state index < -0.39 is 8.32 Å². The summed E-state index contributed by atoms with van der Waals surface area (Å²) in [6.45, 7) is 9.73. The molecule has 206 valence electrons. The van der Waals surface area contributed by atoms with Gasteiger partial charge in [0.1, 0.15) is 11.5 Å². The summed E-state index contributed by atoms with van der Waals surface area (Å²) < 4.78 is 20.4. The van der Waals surface area contributed by atoms with Gasteiger partial charge < -0.3 is 13.9 Å². The summed E-state index contributed by atoms with van der Waals surface area (Å²) in [6, 6.07) is 31.0. The van der Waals surface area contributed by atoms with Gasteiger partial charge in [0.15, 0.2) is 0 Å². The number of nitrogens with zero attached hydrogens (tertiary/aromatic N) is 3. The molecule has 0 amide bonds. The van der Waals surface area contributed by atoms with E-state index in [9.17, 15) is 5.53 Å². The maximum Gasteiger partial charge on any atom is 0.261 e. The van der Waals surface area contributed by atoms with E-state index in [1.54, 1.807) is 11.8 Å². The van der Waals surface area contributed by atoms with Crippen LogP contribution in [0.5, 0.6) is 0 Å². The Bertz CT molecular complexity index is 1180. The van der Waals surface area contributed by atoms with Crippen molar-refractivity contribution in [2.75, 3.05) is 12.9 Å². The Kier molecular flexibility index (Phi) is 9.94. The molecule has 0 aromatic heterocycles. The van der Waals surface area contributed by atoms with Crippen LogP contribution in [0.15, 0.2) is 96.1 Å². The standard InChI is InChI=1S/C31H39N3O3SSi/c1-23-28(33-34-32)30(38-5)37-27(29(23)35-21-24-15-9-6-10-16-24)22-36-39(31(2,3)4,25-17-11-7-12-18-25)26-19-13-8-14-20-26/h6-20,23,27-30H,21-22H2,1-5H3. The topological polar surface area (TPSA) is 76.5 Å². The zero-order chi connectivity index (χ0) is 27.9. The molecule has 0 radical (unpaired) electrons. The fourth-order valence-corrected chi connectivity index (χ4v) is 11.1. The minimum Gasteiger partial charge on any atom is -0.405 e. The number of azide groups is 1. The van der Waals surface area contributed by atoms with Gasteiger partial charge in [-0.15, -0.1) is 11.8 Å². The number of ether oxygens (including phenoxy) is 2. The fraction of sp³-hybridized carbons (Fsp3) is 0.419. The third-order valence-corrected chi connectivity index (χ3v) is 13.5. The molecule has 5 atom stereocenters. The Morgan fingerprint density at radius 2 is 1.46 bits per heavy atom. The third-order valence-electron chi connectivity index (χ3n) is 7.59. The van der Waals surface area contributed by atoms with Crippen LogP contribution >= 0.6 is 11.8 Å². The maximum absolute atomic E-state index is 9.29. The van der Waals surface area contributed by atoms with Gasteiger partial charge >= 0.3 is 0 Å². The predicted octanol–water partition coefficient (Wildman–Crippen LogP) is 6.55. The average molecular weight is 562 g/mol. The minimum atomic E-state index is -2.76. The molecule has 0 saturated carbocycles. The van der Waals surface area contributed by atoms with E-state index in [-0.39, 0.29) is 34.6 Å². The van der Waals surface area contributed by atoms with E-state index in [0.717, 1.165) is 5.56 Å². The monoisotopic (exact) mass is 561 g/mol. The van der Waals surface area contributed by atoms with E-state index in [1.165, 1.54) is 10.4 Å². The smallest absolute Gasteiger partial charge is 0.261 e. The molecule has 6 nitrogen and oxygen atoms in total. The lowest BCUT2D eigenvalue weighted by Crippen LogP contribution is -2.68. The second-order valence-electron chi connectivity index (χ2n) is 11.1. The van der Waals surface area contributed by atoms with Crippen molar-refractivity contribution in [3.63, 3.8) is 0 Å². The van der Waals surface area contributed by atoms with Crippen LogP contribution in [-0.4, -0.2) is 44.9 Å². The lowest BCUT2D eigenvalue weighted by molar-refractivity contribution is -0.163. The second-order valence-corrected chi connectivity index (χ2v) is 16.3. The molecule has 39 heavy (non-hydrogen) atoms. The first-order valence-corrected chi connectivity index (χ1v) is 16.6. The quantitative estimate of drug-likeness (QED) is 0.122. The van der Waals surface area contributed by atoms with Crippen molar-refractivity contribution in [3.05, 3.63) is 107 Å². The molecule has 5 unspecified atom stereocenters. The molecule has 1 heterocycles. The SMILES string of the molecule is CSC1OC(CO[Si](c2ccccc2)(c2ccccc2)C(C)(C)C)C(OCc2ccccc2)C(C)C1N=[N+]=[N-]. The normalized spacial score (nSPS) is 23.7. The first kappa shape index (κ1) is 29.4. The van der Waals surface area contributed by atoms with Gasteiger partial charge in [0.25, 0.3) is 8.32 Å². The molecule has 4 rings (SSSR count). The van der Waals surface area contributed by atoms with E-state index >= 15 is 0 Å². The first-order chi connectivity index (χ1) is 18.8. The summed E-state index contributed by atoms with van der Waals surface area (Å²) in [5.74, 6) is -0.0523. The molecule has 1 aliphatic rings. The van der Waals surface area contributed by atoms with Crippen LogP contribution < -0.4 is 10.4 Å². The molecule has 1 fully saturated rings. The van der Waals surface area contributed by atoms with Gasteiger partial charge in [0.2, 0.25) is 0 Å². The van der Waals surface area contributed by atoms with Crippen LogP contribution in [0, 0.1) is 5.92 Å². The molecule has 1 saturated heterocycles. The predicted molar refractivity (Wildman–Crippen MR) is 163 cm³/mol. The summed E-state index contributed by atoms with van der Waals surface area (Å²) in [5, 5.41) is 6.42. The van der Waals surface area contributed by atoms with Gasteiger partial charge in [-0.05, 0) is 38.7 Å². The van der Waals surface area contributed by atoms with Crippen LogP contribution in [0.4, 0.5) is 0 Å². The highest BCUT2D eigenvalue weighted by Gasteiger charge is 2.52. The largest absolute Gasteiger partial charge is 0.405 e. The van der Waals surface area contributed by atoms with Crippen molar-refractivity contribution in [1.82, 2.24) is 0 Å². The highest BCUT2D eigenvalue weighted by Crippen LogP contribution is 2.39. The molecule has 8 heteroatoms. The molecular weight excluding hydrogens is 523 g/mol. The Balaban J connectivity index is 1.70. The fourth-order valence-electron chi connectivity index (χ4n) is 5.65. The first-order valence-electron chi connectivity index (χ1n) is 13.4. The van der Waals surface area contributed by atoms with Gasteiger partial charge in [-0.2, -0.15) is 0 Å². The highest BCUT2D eigenvalue weighted by atomic mass is 32.2. The van der Waals surface area contributed by atoms with Crippen LogP contribution in [-0.2, 0) is 20.5 Å². The van der Waals surface area contributed by atoms with Crippen LogP contribution in [0.3, 0.4) is 0 Å². The van der Waals surface area contributed by atoms with Crippen LogP contribution in [0.1, 0.15) is 33.3 Å². The van der Waals surface area contributed by atoms with Gasteiger partial charge in [0.05, 0.1) is 25.4 Å². The third kappa shape index (κ3) is 6.43. The highest BCUT2D eigenvalue weighted by molar-refractivity contribution is 7.99. The Labute approximate surface area is 237 Å². The molecule has 3 aromatic carbocycles. The van der Waals surface area contributed by atoms with Crippen molar-refractivity contribution in [1.29, 1.82) is 0 Å². The lowest BCUT2D eigenvalue weighted by atomic mass is 9.90. The molecule has 1 aliphatic heterocycles. The summed E-state index contributed by atoms with van der Waals surface area (Å²) in [5.41, 5.74) is 10.1. The van der Waals surface area contributed by atoms with Gasteiger partial charge in [-0.1, -0.05) is 124 Å².